The second-order valence-electron chi connectivity index (χ2n) is 11.4. The van der Waals surface area contributed by atoms with Gasteiger partial charge in [0.2, 0.25) is 5.91 Å². The summed E-state index contributed by atoms with van der Waals surface area (Å²) in [5.41, 5.74) is 4.11. The molecule has 3 aromatic carbocycles. The average molecular weight is 615 g/mol. The molecule has 45 heavy (non-hydrogen) atoms. The maximum absolute atomic E-state index is 13.6. The Hall–Kier alpha value is -4.86. The Balaban J connectivity index is 1.44. The van der Waals surface area contributed by atoms with E-state index in [1.165, 1.54) is 26.0 Å². The van der Waals surface area contributed by atoms with Crippen LogP contribution in [0, 0.1) is 19.8 Å². The highest BCUT2D eigenvalue weighted by molar-refractivity contribution is 6.00. The summed E-state index contributed by atoms with van der Waals surface area (Å²) in [4.78, 5) is 54.4. The van der Waals surface area contributed by atoms with Crippen LogP contribution >= 0.6 is 0 Å². The predicted octanol–water partition coefficient (Wildman–Crippen LogP) is 5.87. The fourth-order valence-electron chi connectivity index (χ4n) is 5.59. The van der Waals surface area contributed by atoms with Crippen molar-refractivity contribution in [1.29, 1.82) is 0 Å². The van der Waals surface area contributed by atoms with Gasteiger partial charge in [-0.05, 0) is 79.8 Å². The van der Waals surface area contributed by atoms with Gasteiger partial charge in [-0.15, -0.1) is 0 Å². The van der Waals surface area contributed by atoms with Crippen LogP contribution in [0.4, 0.5) is 21.9 Å². The molecule has 0 bridgehead atoms. The summed E-state index contributed by atoms with van der Waals surface area (Å²) in [5, 5.41) is 5.28. The number of hydrogen-bond acceptors (Lipinski definition) is 6. The van der Waals surface area contributed by atoms with Crippen molar-refractivity contribution >= 4 is 40.9 Å². The summed E-state index contributed by atoms with van der Waals surface area (Å²) >= 11 is 0. The molecule has 4 rings (SSSR count). The lowest BCUT2D eigenvalue weighted by molar-refractivity contribution is -0.120. The van der Waals surface area contributed by atoms with Crippen molar-refractivity contribution in [3.05, 3.63) is 83.4 Å². The SMILES string of the molecule is COC(=O)c1cccc(NC(=O)NCC(=O)N(CCC2CCCC2)c2ccccc2OCC(=O)N(C)c2cc(C)cc(C)c2)c1. The van der Waals surface area contributed by atoms with Gasteiger partial charge >= 0.3 is 12.0 Å². The summed E-state index contributed by atoms with van der Waals surface area (Å²) in [6.45, 7) is 3.94. The first-order valence-corrected chi connectivity index (χ1v) is 15.2. The summed E-state index contributed by atoms with van der Waals surface area (Å²) in [5.74, 6) is -0.135. The highest BCUT2D eigenvalue weighted by Gasteiger charge is 2.24. The minimum atomic E-state index is -0.592. The third-order valence-electron chi connectivity index (χ3n) is 7.95. The van der Waals surface area contributed by atoms with E-state index in [9.17, 15) is 19.2 Å². The van der Waals surface area contributed by atoms with Crippen molar-refractivity contribution in [1.82, 2.24) is 5.32 Å². The molecule has 4 amide bonds. The number of rotatable bonds is 12. The Labute approximate surface area is 264 Å². The first kappa shape index (κ1) is 33.0. The lowest BCUT2D eigenvalue weighted by Crippen LogP contribution is -2.42. The van der Waals surface area contributed by atoms with Crippen LogP contribution < -0.4 is 25.2 Å². The van der Waals surface area contributed by atoms with E-state index >= 15 is 0 Å². The highest BCUT2D eigenvalue weighted by atomic mass is 16.5. The molecule has 0 spiro atoms. The molecule has 1 saturated carbocycles. The van der Waals surface area contributed by atoms with Gasteiger partial charge in [-0.25, -0.2) is 9.59 Å². The summed E-state index contributed by atoms with van der Waals surface area (Å²) in [6, 6.07) is 18.8. The topological polar surface area (TPSA) is 117 Å². The molecule has 1 fully saturated rings. The van der Waals surface area contributed by atoms with Crippen molar-refractivity contribution in [2.75, 3.05) is 49.0 Å². The van der Waals surface area contributed by atoms with Crippen LogP contribution in [0.1, 0.15) is 53.6 Å². The van der Waals surface area contributed by atoms with Crippen molar-refractivity contribution in [3.63, 3.8) is 0 Å². The van der Waals surface area contributed by atoms with Crippen LogP contribution in [0.15, 0.2) is 66.7 Å². The van der Waals surface area contributed by atoms with Crippen LogP contribution in [-0.2, 0) is 14.3 Å². The number of anilines is 3. The molecule has 2 N–H and O–H groups in total. The molecule has 10 heteroatoms. The number of urea groups is 1. The molecule has 0 aliphatic heterocycles. The number of benzene rings is 3. The Morgan fingerprint density at radius 2 is 1.60 bits per heavy atom. The lowest BCUT2D eigenvalue weighted by atomic mass is 10.0. The number of aryl methyl sites for hydroxylation is 2. The second-order valence-corrected chi connectivity index (χ2v) is 11.4. The molecule has 10 nitrogen and oxygen atoms in total. The zero-order valence-electron chi connectivity index (χ0n) is 26.4. The molecular formula is C35H42N4O6. The number of carbonyl (C=O) groups is 4. The van der Waals surface area contributed by atoms with Crippen LogP contribution in [0.3, 0.4) is 0 Å². The van der Waals surface area contributed by atoms with E-state index in [0.29, 0.717) is 35.2 Å². The molecule has 0 saturated heterocycles. The number of nitrogens with zero attached hydrogens (tertiary/aromatic N) is 2. The Morgan fingerprint density at radius 1 is 0.889 bits per heavy atom. The van der Waals surface area contributed by atoms with Gasteiger partial charge < -0.3 is 29.9 Å². The molecule has 238 valence electrons. The van der Waals surface area contributed by atoms with Gasteiger partial charge in [0.25, 0.3) is 5.91 Å². The monoisotopic (exact) mass is 614 g/mol. The molecule has 0 radical (unpaired) electrons. The molecule has 1 aliphatic carbocycles. The van der Waals surface area contributed by atoms with Gasteiger partial charge in [-0.3, -0.25) is 9.59 Å². The lowest BCUT2D eigenvalue weighted by Gasteiger charge is -2.27. The Kier molecular flexibility index (Phi) is 11.6. The number of likely N-dealkylation sites (N-methyl/N-ethyl adjacent to an activating group) is 1. The van der Waals surface area contributed by atoms with Crippen LogP contribution in [-0.4, -0.2) is 57.7 Å². The van der Waals surface area contributed by atoms with Crippen LogP contribution in [0.5, 0.6) is 5.75 Å². The summed E-state index contributed by atoms with van der Waals surface area (Å²) in [7, 11) is 3.00. The maximum Gasteiger partial charge on any atom is 0.337 e. The number of methoxy groups -OCH3 is 1. The zero-order chi connectivity index (χ0) is 32.3. The van der Waals surface area contributed by atoms with Gasteiger partial charge in [0.05, 0.1) is 24.9 Å². The fraction of sp³-hybridized carbons (Fsp3) is 0.371. The predicted molar refractivity (Wildman–Crippen MR) is 175 cm³/mol. The number of amides is 4. The number of para-hydroxylation sites is 2. The standard InChI is InChI=1S/C35H42N4O6/c1-24-18-25(2)20-29(19-24)38(3)33(41)23-45-31-15-8-7-14-30(31)39(17-16-26-10-5-6-11-26)32(40)22-36-35(43)37-28-13-9-12-27(21-28)34(42)44-4/h7-9,12-15,18-21,26H,5-6,10-11,16-17,22-23H2,1-4H3,(H2,36,37,43). The van der Waals surface area contributed by atoms with E-state index in [1.807, 2.05) is 38.1 Å². The van der Waals surface area contributed by atoms with Gasteiger partial charge in [0.15, 0.2) is 6.61 Å². The number of ether oxygens (including phenoxy) is 2. The number of hydrogen-bond donors (Lipinski definition) is 2. The van der Waals surface area contributed by atoms with Crippen LogP contribution in [0.2, 0.25) is 0 Å². The first-order valence-electron chi connectivity index (χ1n) is 15.2. The largest absolute Gasteiger partial charge is 0.482 e. The highest BCUT2D eigenvalue weighted by Crippen LogP contribution is 2.32. The first-order chi connectivity index (χ1) is 21.6. The molecule has 0 aromatic heterocycles. The maximum atomic E-state index is 13.6. The minimum absolute atomic E-state index is 0.212. The van der Waals surface area contributed by atoms with E-state index in [2.05, 4.69) is 10.6 Å². The minimum Gasteiger partial charge on any atom is -0.482 e. The number of esters is 1. The summed E-state index contributed by atoms with van der Waals surface area (Å²) < 4.78 is 10.8. The van der Waals surface area contributed by atoms with Gasteiger partial charge in [0, 0.05) is 25.0 Å². The third-order valence-corrected chi connectivity index (χ3v) is 7.95. The molecule has 0 unspecified atom stereocenters. The van der Waals surface area contributed by atoms with Crippen LogP contribution in [0.25, 0.3) is 0 Å². The summed E-state index contributed by atoms with van der Waals surface area (Å²) in [6.07, 6.45) is 5.46. The Morgan fingerprint density at radius 3 is 2.31 bits per heavy atom. The number of nitrogens with one attached hydrogen (secondary N) is 2. The van der Waals surface area contributed by atoms with E-state index in [0.717, 1.165) is 36.1 Å². The Bertz CT molecular complexity index is 1500. The zero-order valence-corrected chi connectivity index (χ0v) is 26.4. The van der Waals surface area contributed by atoms with Gasteiger partial charge in [-0.2, -0.15) is 0 Å². The molecule has 0 heterocycles. The van der Waals surface area contributed by atoms with Crippen molar-refractivity contribution < 1.29 is 28.7 Å². The van der Waals surface area contributed by atoms with Crippen molar-refractivity contribution in [3.8, 4) is 5.75 Å². The van der Waals surface area contributed by atoms with E-state index in [1.54, 1.807) is 53.2 Å². The molecule has 3 aromatic rings. The fourth-order valence-corrected chi connectivity index (χ4v) is 5.59. The van der Waals surface area contributed by atoms with Crippen molar-refractivity contribution in [2.45, 2.75) is 46.0 Å². The normalized spacial score (nSPS) is 12.7. The quantitative estimate of drug-likeness (QED) is 0.247. The molecular weight excluding hydrogens is 572 g/mol. The second kappa shape index (κ2) is 15.7. The smallest absolute Gasteiger partial charge is 0.337 e. The van der Waals surface area contributed by atoms with Gasteiger partial charge in [0.1, 0.15) is 5.75 Å². The molecule has 1 aliphatic rings. The molecule has 0 atom stereocenters. The van der Waals surface area contributed by atoms with Crippen molar-refractivity contribution in [2.24, 2.45) is 5.92 Å². The number of carbonyl (C=O) groups excluding carboxylic acids is 4. The average Bonchev–Trinajstić information content (AvgIpc) is 3.56. The van der Waals surface area contributed by atoms with E-state index < -0.39 is 12.0 Å². The van der Waals surface area contributed by atoms with Gasteiger partial charge in [-0.1, -0.05) is 49.9 Å². The van der Waals surface area contributed by atoms with E-state index in [4.69, 9.17) is 9.47 Å². The third kappa shape index (κ3) is 9.31. The van der Waals surface area contributed by atoms with E-state index in [-0.39, 0.29) is 25.0 Å².